The number of fused-ring (bicyclic) bond motifs is 1. The van der Waals surface area contributed by atoms with Crippen molar-refractivity contribution in [3.63, 3.8) is 0 Å². The Hall–Kier alpha value is -2.47. The van der Waals surface area contributed by atoms with E-state index in [4.69, 9.17) is 16.3 Å². The van der Waals surface area contributed by atoms with Gasteiger partial charge in [-0.3, -0.25) is 14.2 Å². The summed E-state index contributed by atoms with van der Waals surface area (Å²) in [6.07, 6.45) is 3.81. The molecule has 0 saturated carbocycles. The maximum absolute atomic E-state index is 13.4. The molecule has 1 aliphatic rings. The number of nitrogens with zero attached hydrogens (tertiary/aromatic N) is 3. The van der Waals surface area contributed by atoms with E-state index in [0.29, 0.717) is 39.3 Å². The number of benzene rings is 1. The zero-order valence-electron chi connectivity index (χ0n) is 18.1. The molecule has 3 aromatic rings. The quantitative estimate of drug-likeness (QED) is 0.545. The molecule has 4 rings (SSSR count). The van der Waals surface area contributed by atoms with Gasteiger partial charge in [-0.2, -0.15) is 4.31 Å². The highest BCUT2D eigenvalue weighted by molar-refractivity contribution is 7.89. The number of anilines is 1. The highest BCUT2D eigenvalue weighted by Crippen LogP contribution is 2.34. The van der Waals surface area contributed by atoms with Gasteiger partial charge in [0.1, 0.15) is 22.0 Å². The average Bonchev–Trinajstić information content (AvgIpc) is 3.14. The zero-order chi connectivity index (χ0) is 23.8. The third-order valence-corrected chi connectivity index (χ3v) is 8.91. The second-order valence-corrected chi connectivity index (χ2v) is 11.2. The number of amides is 1. The summed E-state index contributed by atoms with van der Waals surface area (Å²) < 4.78 is 34.5. The zero-order valence-corrected chi connectivity index (χ0v) is 20.5. The second kappa shape index (κ2) is 9.41. The molecule has 12 heteroatoms. The first-order valence-electron chi connectivity index (χ1n) is 10.3. The Kier molecular flexibility index (Phi) is 6.76. The topological polar surface area (TPSA) is 111 Å². The van der Waals surface area contributed by atoms with Crippen LogP contribution in [0.2, 0.25) is 5.02 Å². The van der Waals surface area contributed by atoms with Crippen LogP contribution in [0.3, 0.4) is 0 Å². The molecular formula is C21H23ClN4O5S2. The van der Waals surface area contributed by atoms with Crippen molar-refractivity contribution in [3.8, 4) is 5.75 Å². The third kappa shape index (κ3) is 4.63. The molecule has 1 aromatic carbocycles. The largest absolute Gasteiger partial charge is 0.495 e. The number of aromatic nitrogens is 2. The molecule has 0 aliphatic carbocycles. The van der Waals surface area contributed by atoms with Gasteiger partial charge in [0, 0.05) is 23.0 Å². The Balaban J connectivity index is 1.69. The van der Waals surface area contributed by atoms with Crippen LogP contribution in [0, 0.1) is 6.92 Å². The molecule has 9 nitrogen and oxygen atoms in total. The summed E-state index contributed by atoms with van der Waals surface area (Å²) >= 11 is 7.16. The molecular weight excluding hydrogens is 488 g/mol. The van der Waals surface area contributed by atoms with E-state index in [1.54, 1.807) is 19.1 Å². The van der Waals surface area contributed by atoms with Crippen molar-refractivity contribution < 1.29 is 17.9 Å². The Bertz CT molecular complexity index is 1380. The van der Waals surface area contributed by atoms with Gasteiger partial charge in [-0.15, -0.1) is 11.3 Å². The summed E-state index contributed by atoms with van der Waals surface area (Å²) in [6, 6.07) is 4.78. The number of nitrogens with one attached hydrogen (secondary N) is 1. The summed E-state index contributed by atoms with van der Waals surface area (Å²) in [4.78, 5) is 31.0. The van der Waals surface area contributed by atoms with Crippen molar-refractivity contribution in [2.24, 2.45) is 0 Å². The van der Waals surface area contributed by atoms with Crippen molar-refractivity contribution in [2.75, 3.05) is 25.5 Å². The lowest BCUT2D eigenvalue weighted by atomic mass is 10.2. The first-order valence-corrected chi connectivity index (χ1v) is 13.0. The van der Waals surface area contributed by atoms with Gasteiger partial charge in [0.05, 0.1) is 24.5 Å². The van der Waals surface area contributed by atoms with E-state index in [1.807, 2.05) is 0 Å². The highest BCUT2D eigenvalue weighted by atomic mass is 35.5. The summed E-state index contributed by atoms with van der Waals surface area (Å²) in [7, 11) is -2.38. The van der Waals surface area contributed by atoms with E-state index in [-0.39, 0.29) is 16.8 Å². The van der Waals surface area contributed by atoms with Crippen molar-refractivity contribution in [3.05, 3.63) is 44.8 Å². The number of piperidine rings is 1. The lowest BCUT2D eigenvalue weighted by Gasteiger charge is -2.25. The van der Waals surface area contributed by atoms with E-state index in [9.17, 15) is 18.0 Å². The first-order chi connectivity index (χ1) is 15.7. The van der Waals surface area contributed by atoms with Gasteiger partial charge in [-0.05, 0) is 38.0 Å². The normalized spacial score (nSPS) is 15.0. The van der Waals surface area contributed by atoms with Crippen molar-refractivity contribution in [2.45, 2.75) is 37.6 Å². The molecule has 176 valence electrons. The molecule has 2 aromatic heterocycles. The molecule has 1 saturated heterocycles. The number of carbonyl (C=O) groups is 1. The van der Waals surface area contributed by atoms with Gasteiger partial charge < -0.3 is 10.1 Å². The van der Waals surface area contributed by atoms with Crippen LogP contribution in [0.25, 0.3) is 10.2 Å². The molecule has 3 heterocycles. The molecule has 0 unspecified atom stereocenters. The number of carbonyl (C=O) groups excluding carboxylic acids is 1. The first kappa shape index (κ1) is 23.7. The van der Waals surface area contributed by atoms with Crippen molar-refractivity contribution in [1.82, 2.24) is 13.9 Å². The van der Waals surface area contributed by atoms with Gasteiger partial charge in [-0.1, -0.05) is 18.0 Å². The van der Waals surface area contributed by atoms with Crippen LogP contribution in [0.5, 0.6) is 5.75 Å². The summed E-state index contributed by atoms with van der Waals surface area (Å²) in [5.41, 5.74) is -0.218. The number of hydrogen-bond acceptors (Lipinski definition) is 7. The van der Waals surface area contributed by atoms with Crippen LogP contribution in [0.4, 0.5) is 5.69 Å². The van der Waals surface area contributed by atoms with Gasteiger partial charge in [0.25, 0.3) is 5.56 Å². The number of rotatable bonds is 6. The summed E-state index contributed by atoms with van der Waals surface area (Å²) in [5.74, 6) is -0.0942. The van der Waals surface area contributed by atoms with Crippen LogP contribution in [0.1, 0.15) is 24.1 Å². The lowest BCUT2D eigenvalue weighted by molar-refractivity contribution is -0.116. The molecule has 1 aliphatic heterocycles. The number of thiophene rings is 1. The van der Waals surface area contributed by atoms with E-state index >= 15 is 0 Å². The fourth-order valence-corrected chi connectivity index (χ4v) is 7.25. The van der Waals surface area contributed by atoms with Crippen molar-refractivity contribution in [1.29, 1.82) is 0 Å². The SMILES string of the molecule is COc1ccc(Cl)cc1NC(=O)Cn1cnc2sc(C)c(S(=O)(=O)N3CCCCC3)c2c1=O. The van der Waals surface area contributed by atoms with Crippen LogP contribution >= 0.6 is 22.9 Å². The molecule has 0 spiro atoms. The van der Waals surface area contributed by atoms with E-state index in [1.165, 1.54) is 23.8 Å². The Labute approximate surface area is 200 Å². The summed E-state index contributed by atoms with van der Waals surface area (Å²) in [6.45, 7) is 2.18. The number of ether oxygens (including phenoxy) is 1. The standard InChI is InChI=1S/C21H23ClN4O5S2/c1-13-19(33(29,30)26-8-4-3-5-9-26)18-20(32-13)23-12-25(21(18)28)11-17(27)24-15-10-14(22)6-7-16(15)31-2/h6-7,10,12H,3-5,8-9,11H2,1-2H3,(H,24,27). The third-order valence-electron chi connectivity index (χ3n) is 5.46. The second-order valence-electron chi connectivity index (χ2n) is 7.70. The summed E-state index contributed by atoms with van der Waals surface area (Å²) in [5, 5.41) is 3.10. The molecule has 0 atom stereocenters. The number of aryl methyl sites for hydroxylation is 1. The maximum Gasteiger partial charge on any atom is 0.263 e. The van der Waals surface area contributed by atoms with Crippen LogP contribution in [0.15, 0.2) is 34.2 Å². The molecule has 0 radical (unpaired) electrons. The fraction of sp³-hybridized carbons (Fsp3) is 0.381. The van der Waals surface area contributed by atoms with E-state index in [0.717, 1.165) is 35.2 Å². The maximum atomic E-state index is 13.4. The predicted molar refractivity (Wildman–Crippen MR) is 128 cm³/mol. The van der Waals surface area contributed by atoms with Crippen LogP contribution < -0.4 is 15.6 Å². The fourth-order valence-electron chi connectivity index (χ4n) is 3.89. The van der Waals surface area contributed by atoms with E-state index in [2.05, 4.69) is 10.3 Å². The number of methoxy groups -OCH3 is 1. The van der Waals surface area contributed by atoms with Gasteiger partial charge in [0.15, 0.2) is 0 Å². The number of halogens is 1. The molecule has 33 heavy (non-hydrogen) atoms. The molecule has 1 amide bonds. The monoisotopic (exact) mass is 510 g/mol. The van der Waals surface area contributed by atoms with Gasteiger partial charge in [0.2, 0.25) is 15.9 Å². The minimum atomic E-state index is -3.85. The number of sulfonamides is 1. The van der Waals surface area contributed by atoms with Gasteiger partial charge in [-0.25, -0.2) is 13.4 Å². The highest BCUT2D eigenvalue weighted by Gasteiger charge is 2.32. The molecule has 1 fully saturated rings. The lowest BCUT2D eigenvalue weighted by Crippen LogP contribution is -2.36. The Morgan fingerprint density at radius 2 is 2.00 bits per heavy atom. The van der Waals surface area contributed by atoms with Gasteiger partial charge >= 0.3 is 0 Å². The predicted octanol–water partition coefficient (Wildman–Crippen LogP) is 3.24. The minimum absolute atomic E-state index is 0.00633. The van der Waals surface area contributed by atoms with Crippen LogP contribution in [-0.2, 0) is 21.4 Å². The average molecular weight is 511 g/mol. The van der Waals surface area contributed by atoms with E-state index < -0.39 is 21.5 Å². The smallest absolute Gasteiger partial charge is 0.263 e. The van der Waals surface area contributed by atoms with Crippen molar-refractivity contribution >= 4 is 54.8 Å². The van der Waals surface area contributed by atoms with Crippen LogP contribution in [-0.4, -0.2) is 48.4 Å². The minimum Gasteiger partial charge on any atom is -0.495 e. The molecule has 0 bridgehead atoms. The Morgan fingerprint density at radius 1 is 1.27 bits per heavy atom. The number of hydrogen-bond donors (Lipinski definition) is 1. The molecule has 1 N–H and O–H groups in total. The Morgan fingerprint density at radius 3 is 2.70 bits per heavy atom.